The molecule has 2 bridgehead atoms. The first-order valence-electron chi connectivity index (χ1n) is 14.1. The van der Waals surface area contributed by atoms with Crippen molar-refractivity contribution in [3.63, 3.8) is 0 Å². The number of ether oxygens (including phenoxy) is 1. The minimum absolute atomic E-state index is 0.267. The van der Waals surface area contributed by atoms with Gasteiger partial charge in [0.05, 0.1) is 17.3 Å². The topological polar surface area (TPSA) is 82.6 Å². The summed E-state index contributed by atoms with van der Waals surface area (Å²) in [6.07, 6.45) is 11.3. The van der Waals surface area contributed by atoms with Gasteiger partial charge in [0, 0.05) is 79.0 Å². The Kier molecular flexibility index (Phi) is 6.14. The lowest BCUT2D eigenvalue weighted by atomic mass is 9.87. The molecule has 3 aliphatic heterocycles. The van der Waals surface area contributed by atoms with Gasteiger partial charge in [0.25, 0.3) is 0 Å². The molecule has 4 aliphatic rings. The maximum atomic E-state index is 9.68. The minimum Gasteiger partial charge on any atom is -0.474 e. The Morgan fingerprint density at radius 2 is 1.90 bits per heavy atom. The molecule has 7 heterocycles. The first kappa shape index (κ1) is 24.6. The van der Waals surface area contributed by atoms with E-state index in [4.69, 9.17) is 9.72 Å². The number of pyridine rings is 3. The van der Waals surface area contributed by atoms with Gasteiger partial charge in [0.1, 0.15) is 18.0 Å². The lowest BCUT2D eigenvalue weighted by Gasteiger charge is -2.56. The molecule has 8 rings (SSSR count). The molecule has 1 aliphatic carbocycles. The van der Waals surface area contributed by atoms with Crippen molar-refractivity contribution in [2.24, 2.45) is 5.92 Å². The van der Waals surface area contributed by atoms with Crippen molar-refractivity contribution < 1.29 is 4.74 Å². The fraction of sp³-hybridized carbons (Fsp3) is 0.375. The normalized spacial score (nSPS) is 20.1. The van der Waals surface area contributed by atoms with Gasteiger partial charge in [0.2, 0.25) is 5.88 Å². The molecule has 0 aromatic carbocycles. The third-order valence-corrected chi connectivity index (χ3v) is 7.94. The SMILES string of the molecule is CC(C)C#Cc1cc(-c2ccc(N3CC4CC(C3)N4Cc3ccc(OC4CC4)nc3)nc2)c2c(C#N)cnn2c1. The van der Waals surface area contributed by atoms with Gasteiger partial charge in [0.15, 0.2) is 0 Å². The van der Waals surface area contributed by atoms with Gasteiger partial charge in [-0.05, 0) is 43.0 Å². The average Bonchev–Trinajstić information content (AvgIpc) is 3.70. The van der Waals surface area contributed by atoms with E-state index in [0.29, 0.717) is 23.8 Å². The second-order valence-corrected chi connectivity index (χ2v) is 11.4. The Bertz CT molecular complexity index is 1640. The van der Waals surface area contributed by atoms with Gasteiger partial charge in [-0.1, -0.05) is 31.8 Å². The van der Waals surface area contributed by atoms with Crippen LogP contribution in [-0.4, -0.2) is 55.8 Å². The Hall–Kier alpha value is -4.40. The minimum atomic E-state index is 0.267. The Labute approximate surface area is 234 Å². The van der Waals surface area contributed by atoms with E-state index < -0.39 is 0 Å². The van der Waals surface area contributed by atoms with Gasteiger partial charge >= 0.3 is 0 Å². The number of anilines is 1. The summed E-state index contributed by atoms with van der Waals surface area (Å²) >= 11 is 0. The van der Waals surface area contributed by atoms with Gasteiger partial charge in [-0.15, -0.1) is 0 Å². The molecule has 200 valence electrons. The van der Waals surface area contributed by atoms with E-state index in [9.17, 15) is 5.26 Å². The summed E-state index contributed by atoms with van der Waals surface area (Å²) in [6.45, 7) is 6.99. The van der Waals surface area contributed by atoms with Crippen LogP contribution in [0.2, 0.25) is 0 Å². The molecule has 0 spiro atoms. The molecule has 4 aromatic heterocycles. The number of nitrogens with zero attached hydrogens (tertiary/aromatic N) is 7. The number of nitriles is 1. The summed E-state index contributed by atoms with van der Waals surface area (Å²) in [4.78, 5) is 14.4. The van der Waals surface area contributed by atoms with Crippen molar-refractivity contribution in [2.45, 2.75) is 57.8 Å². The van der Waals surface area contributed by atoms with E-state index in [0.717, 1.165) is 66.4 Å². The second-order valence-electron chi connectivity index (χ2n) is 11.4. The summed E-state index contributed by atoms with van der Waals surface area (Å²) in [5.74, 6) is 8.46. The van der Waals surface area contributed by atoms with Crippen molar-refractivity contribution in [2.75, 3.05) is 18.0 Å². The maximum absolute atomic E-state index is 9.68. The predicted molar refractivity (Wildman–Crippen MR) is 153 cm³/mol. The summed E-state index contributed by atoms with van der Waals surface area (Å²) in [5, 5.41) is 14.1. The van der Waals surface area contributed by atoms with E-state index in [1.165, 1.54) is 12.0 Å². The Morgan fingerprint density at radius 3 is 2.58 bits per heavy atom. The maximum Gasteiger partial charge on any atom is 0.213 e. The zero-order valence-electron chi connectivity index (χ0n) is 22.8. The van der Waals surface area contributed by atoms with Crippen LogP contribution in [0.15, 0.2) is 55.1 Å². The molecular formula is C32H31N7O. The molecule has 8 heteroatoms. The molecule has 3 saturated heterocycles. The average molecular weight is 530 g/mol. The predicted octanol–water partition coefficient (Wildman–Crippen LogP) is 4.67. The molecule has 4 fully saturated rings. The quantitative estimate of drug-likeness (QED) is 0.336. The first-order valence-corrected chi connectivity index (χ1v) is 14.1. The van der Waals surface area contributed by atoms with Gasteiger partial charge < -0.3 is 9.64 Å². The van der Waals surface area contributed by atoms with Crippen LogP contribution in [0.5, 0.6) is 5.88 Å². The highest BCUT2D eigenvalue weighted by atomic mass is 16.5. The van der Waals surface area contributed by atoms with Crippen LogP contribution in [0.1, 0.15) is 49.8 Å². The number of aromatic nitrogens is 4. The van der Waals surface area contributed by atoms with Crippen LogP contribution < -0.4 is 9.64 Å². The number of rotatable bonds is 6. The van der Waals surface area contributed by atoms with Gasteiger partial charge in [-0.2, -0.15) is 10.4 Å². The van der Waals surface area contributed by atoms with Crippen LogP contribution in [0.3, 0.4) is 0 Å². The second kappa shape index (κ2) is 9.97. The van der Waals surface area contributed by atoms with Crippen molar-refractivity contribution in [3.8, 4) is 34.9 Å². The monoisotopic (exact) mass is 529 g/mol. The third-order valence-electron chi connectivity index (χ3n) is 7.94. The van der Waals surface area contributed by atoms with E-state index in [2.05, 4.69) is 69.8 Å². The number of piperidine rings is 1. The number of hydrogen-bond donors (Lipinski definition) is 0. The summed E-state index contributed by atoms with van der Waals surface area (Å²) in [7, 11) is 0. The van der Waals surface area contributed by atoms with Gasteiger partial charge in [-0.25, -0.2) is 14.5 Å². The third kappa shape index (κ3) is 4.76. The van der Waals surface area contributed by atoms with E-state index in [1.54, 1.807) is 10.7 Å². The Morgan fingerprint density at radius 1 is 1.05 bits per heavy atom. The summed E-state index contributed by atoms with van der Waals surface area (Å²) in [5.41, 5.74) is 5.28. The molecular weight excluding hydrogens is 498 g/mol. The fourth-order valence-corrected chi connectivity index (χ4v) is 5.73. The highest BCUT2D eigenvalue weighted by Gasteiger charge is 2.44. The molecule has 4 aromatic rings. The number of piperazine rings is 1. The van der Waals surface area contributed by atoms with E-state index in [-0.39, 0.29) is 5.92 Å². The fourth-order valence-electron chi connectivity index (χ4n) is 5.73. The smallest absolute Gasteiger partial charge is 0.213 e. The van der Waals surface area contributed by atoms with Crippen molar-refractivity contribution in [3.05, 3.63) is 71.8 Å². The van der Waals surface area contributed by atoms with Crippen LogP contribution in [0.4, 0.5) is 5.82 Å². The lowest BCUT2D eigenvalue weighted by molar-refractivity contribution is -0.00877. The zero-order chi connectivity index (χ0) is 27.2. The molecule has 40 heavy (non-hydrogen) atoms. The van der Waals surface area contributed by atoms with Crippen LogP contribution in [0.25, 0.3) is 16.6 Å². The molecule has 0 radical (unpaired) electrons. The van der Waals surface area contributed by atoms with Crippen molar-refractivity contribution >= 4 is 11.3 Å². The van der Waals surface area contributed by atoms with E-state index in [1.807, 2.05) is 30.7 Å². The summed E-state index contributed by atoms with van der Waals surface area (Å²) < 4.78 is 7.54. The molecule has 1 saturated carbocycles. The first-order chi connectivity index (χ1) is 19.5. The highest BCUT2D eigenvalue weighted by molar-refractivity contribution is 5.85. The number of hydrogen-bond acceptors (Lipinski definition) is 7. The Balaban J connectivity index is 1.06. The molecule has 2 unspecified atom stereocenters. The van der Waals surface area contributed by atoms with Crippen molar-refractivity contribution in [1.82, 2.24) is 24.5 Å². The number of fused-ring (bicyclic) bond motifs is 3. The van der Waals surface area contributed by atoms with Gasteiger partial charge in [-0.3, -0.25) is 4.90 Å². The highest BCUT2D eigenvalue weighted by Crippen LogP contribution is 2.36. The van der Waals surface area contributed by atoms with E-state index >= 15 is 0 Å². The lowest BCUT2D eigenvalue weighted by Crippen LogP contribution is -2.68. The van der Waals surface area contributed by atoms with Crippen molar-refractivity contribution in [1.29, 1.82) is 5.26 Å². The molecule has 0 amide bonds. The standard InChI is InChI=1S/C32H31N7O/c1-21(2)3-4-22-11-29(32-25(13-33)16-36-39(32)18-22)24-6-9-30(34-15-24)37-19-26-12-27(20-37)38(26)17-23-5-10-31(35-14-23)40-28-7-8-28/h5-6,9-11,14-16,18,21,26-28H,7-8,12,17,19-20H2,1-2H3. The van der Waals surface area contributed by atoms with Crippen LogP contribution in [0, 0.1) is 29.1 Å². The van der Waals surface area contributed by atoms with Crippen LogP contribution in [-0.2, 0) is 6.54 Å². The molecule has 2 atom stereocenters. The molecule has 0 N–H and O–H groups in total. The largest absolute Gasteiger partial charge is 0.474 e. The molecule has 8 nitrogen and oxygen atoms in total. The van der Waals surface area contributed by atoms with Crippen LogP contribution >= 0.6 is 0 Å². The summed E-state index contributed by atoms with van der Waals surface area (Å²) in [6, 6.07) is 13.7. The zero-order valence-corrected chi connectivity index (χ0v) is 22.8.